The average Bonchev–Trinajstić information content (AvgIpc) is 3.53. The molecule has 4 heterocycles. The van der Waals surface area contributed by atoms with E-state index >= 15 is 0 Å². The van der Waals surface area contributed by atoms with Crippen molar-refractivity contribution in [2.75, 3.05) is 27.2 Å². The van der Waals surface area contributed by atoms with E-state index in [0.29, 0.717) is 41.5 Å². The summed E-state index contributed by atoms with van der Waals surface area (Å²) in [6.45, 7) is 1.81. The highest BCUT2D eigenvalue weighted by Gasteiger charge is 2.34. The Balaban J connectivity index is 1.44. The first-order valence-electron chi connectivity index (χ1n) is 10.6. The summed E-state index contributed by atoms with van der Waals surface area (Å²) >= 11 is 0. The molecule has 2 N–H and O–H groups in total. The zero-order valence-corrected chi connectivity index (χ0v) is 18.2. The van der Waals surface area contributed by atoms with Gasteiger partial charge in [-0.15, -0.1) is 0 Å². The summed E-state index contributed by atoms with van der Waals surface area (Å²) in [5.74, 6) is 1.05. The third kappa shape index (κ3) is 3.68. The number of amides is 1. The first-order chi connectivity index (χ1) is 16.0. The molecule has 170 valence electrons. The Hall–Kier alpha value is -3.92. The van der Waals surface area contributed by atoms with E-state index in [-0.39, 0.29) is 17.6 Å². The van der Waals surface area contributed by atoms with E-state index in [0.717, 1.165) is 23.9 Å². The molecule has 0 spiro atoms. The second-order valence-electron chi connectivity index (χ2n) is 8.14. The Morgan fingerprint density at radius 1 is 1.42 bits per heavy atom. The number of H-pyrrole nitrogens is 1. The number of allylic oxidation sites excluding steroid dienone is 1. The zero-order valence-electron chi connectivity index (χ0n) is 18.2. The van der Waals surface area contributed by atoms with Gasteiger partial charge in [-0.25, -0.2) is 9.78 Å². The van der Waals surface area contributed by atoms with Crippen LogP contribution >= 0.6 is 0 Å². The highest BCUT2D eigenvalue weighted by molar-refractivity contribution is 6.15. The second kappa shape index (κ2) is 8.21. The van der Waals surface area contributed by atoms with Crippen molar-refractivity contribution < 1.29 is 24.2 Å². The van der Waals surface area contributed by atoms with Crippen molar-refractivity contribution in [3.8, 4) is 11.5 Å². The molecule has 5 rings (SSSR count). The van der Waals surface area contributed by atoms with Gasteiger partial charge in [0.05, 0.1) is 23.9 Å². The summed E-state index contributed by atoms with van der Waals surface area (Å²) in [5, 5.41) is 17.2. The number of pyridine rings is 1. The predicted molar refractivity (Wildman–Crippen MR) is 119 cm³/mol. The minimum Gasteiger partial charge on any atom is -0.496 e. The number of benzene rings is 1. The van der Waals surface area contributed by atoms with Gasteiger partial charge in [-0.3, -0.25) is 14.8 Å². The van der Waals surface area contributed by atoms with Crippen LogP contribution in [0.2, 0.25) is 0 Å². The molecule has 1 aromatic carbocycles. The van der Waals surface area contributed by atoms with Gasteiger partial charge in [-0.05, 0) is 30.7 Å². The smallest absolute Gasteiger partial charge is 0.407 e. The number of likely N-dealkylation sites (N-methyl/N-ethyl adjacent to an activating group) is 1. The van der Waals surface area contributed by atoms with Crippen LogP contribution in [-0.2, 0) is 6.54 Å². The molecule has 0 saturated carbocycles. The van der Waals surface area contributed by atoms with E-state index in [4.69, 9.17) is 9.47 Å². The molecule has 2 aromatic heterocycles. The Morgan fingerprint density at radius 2 is 2.27 bits per heavy atom. The molecule has 2 aliphatic rings. The highest BCUT2D eigenvalue weighted by Crippen LogP contribution is 2.41. The summed E-state index contributed by atoms with van der Waals surface area (Å²) < 4.78 is 11.6. The lowest BCUT2D eigenvalue weighted by Gasteiger charge is -2.23. The number of methoxy groups -OCH3 is 1. The molecule has 0 aliphatic carbocycles. The summed E-state index contributed by atoms with van der Waals surface area (Å²) in [7, 11) is 3.16. The largest absolute Gasteiger partial charge is 0.496 e. The van der Waals surface area contributed by atoms with Crippen LogP contribution in [0, 0.1) is 0 Å². The fourth-order valence-corrected chi connectivity index (χ4v) is 4.39. The number of nitrogens with zero attached hydrogens (tertiary/aromatic N) is 4. The number of aromatic amines is 1. The molecular weight excluding hydrogens is 426 g/mol. The third-order valence-electron chi connectivity index (χ3n) is 6.23. The molecule has 0 radical (unpaired) electrons. The molecule has 0 unspecified atom stereocenters. The maximum Gasteiger partial charge on any atom is 0.407 e. The first-order valence-corrected chi connectivity index (χ1v) is 10.6. The third-order valence-corrected chi connectivity index (χ3v) is 6.23. The number of Topliss-reactive ketones (excluding diaryl/α,β-unsaturated/α-hetero) is 1. The van der Waals surface area contributed by atoms with Crippen LogP contribution < -0.4 is 9.47 Å². The number of ketones is 1. The van der Waals surface area contributed by atoms with Crippen LogP contribution in [0.15, 0.2) is 36.2 Å². The van der Waals surface area contributed by atoms with E-state index in [2.05, 4.69) is 20.1 Å². The first kappa shape index (κ1) is 21.0. The molecular formula is C23H23N5O5. The number of carbonyl (C=O) groups is 2. The highest BCUT2D eigenvalue weighted by atomic mass is 16.5. The Morgan fingerprint density at radius 3 is 3.06 bits per heavy atom. The molecule has 1 saturated heterocycles. The van der Waals surface area contributed by atoms with E-state index in [1.54, 1.807) is 44.6 Å². The number of nitrogens with one attached hydrogen (secondary N) is 1. The van der Waals surface area contributed by atoms with Crippen molar-refractivity contribution in [3.05, 3.63) is 53.0 Å². The van der Waals surface area contributed by atoms with Crippen LogP contribution in [-0.4, -0.2) is 75.3 Å². The fraction of sp³-hybridized carbons (Fsp3) is 0.304. The molecule has 1 amide bonds. The number of hydrogen-bond acceptors (Lipinski definition) is 7. The van der Waals surface area contributed by atoms with Gasteiger partial charge in [0, 0.05) is 50.4 Å². The molecule has 10 heteroatoms. The summed E-state index contributed by atoms with van der Waals surface area (Å²) in [6, 6.07) is 7.07. The number of carbonyl (C=O) groups excluding carboxylic acids is 1. The Kier molecular flexibility index (Phi) is 5.21. The number of hydrogen-bond donors (Lipinski definition) is 2. The van der Waals surface area contributed by atoms with E-state index in [1.165, 1.54) is 4.90 Å². The lowest BCUT2D eigenvalue weighted by molar-refractivity contribution is 0.101. The Bertz CT molecular complexity index is 1280. The van der Waals surface area contributed by atoms with Gasteiger partial charge in [0.15, 0.2) is 11.4 Å². The van der Waals surface area contributed by atoms with Crippen LogP contribution in [0.4, 0.5) is 4.79 Å². The molecule has 1 fully saturated rings. The zero-order chi connectivity index (χ0) is 23.1. The van der Waals surface area contributed by atoms with Gasteiger partial charge in [0.1, 0.15) is 11.5 Å². The van der Waals surface area contributed by atoms with Gasteiger partial charge >= 0.3 is 6.09 Å². The summed E-state index contributed by atoms with van der Waals surface area (Å²) in [4.78, 5) is 32.1. The van der Waals surface area contributed by atoms with Crippen LogP contribution in [0.1, 0.15) is 28.0 Å². The molecule has 0 bridgehead atoms. The van der Waals surface area contributed by atoms with Crippen molar-refractivity contribution in [1.82, 2.24) is 25.0 Å². The van der Waals surface area contributed by atoms with Crippen molar-refractivity contribution >= 4 is 29.0 Å². The minimum absolute atomic E-state index is 0.0789. The van der Waals surface area contributed by atoms with E-state index in [9.17, 15) is 14.7 Å². The molecule has 3 aromatic rings. The molecule has 1 atom stereocenters. The van der Waals surface area contributed by atoms with Crippen molar-refractivity contribution in [3.63, 3.8) is 0 Å². The van der Waals surface area contributed by atoms with E-state index < -0.39 is 6.09 Å². The normalized spacial score (nSPS) is 19.2. The molecule has 2 aliphatic heterocycles. The lowest BCUT2D eigenvalue weighted by Crippen LogP contribution is -2.37. The average molecular weight is 449 g/mol. The number of rotatable bonds is 5. The SMILES string of the molecule is COc1ccc2c(c1CN1CC[C@H](N(C)C(=O)O)C1)OC(=Cc1n[nH]c3ncccc13)C2=O. The van der Waals surface area contributed by atoms with Crippen LogP contribution in [0.5, 0.6) is 11.5 Å². The quantitative estimate of drug-likeness (QED) is 0.571. The van der Waals surface area contributed by atoms with Gasteiger partial charge in [-0.2, -0.15) is 5.10 Å². The molecule has 33 heavy (non-hydrogen) atoms. The van der Waals surface area contributed by atoms with Crippen molar-refractivity contribution in [2.24, 2.45) is 0 Å². The maximum atomic E-state index is 13.1. The van der Waals surface area contributed by atoms with Gasteiger partial charge in [-0.1, -0.05) is 0 Å². The van der Waals surface area contributed by atoms with Gasteiger partial charge < -0.3 is 19.5 Å². The van der Waals surface area contributed by atoms with Gasteiger partial charge in [0.2, 0.25) is 5.78 Å². The molecule has 10 nitrogen and oxygen atoms in total. The standard InChI is InChI=1S/C23H23N5O5/c1-27(23(30)31)13-7-9-28(11-13)12-16-18(32-2)6-5-15-20(29)19(33-21(15)16)10-17-14-4-3-8-24-22(14)26-25-17/h3-6,8,10,13H,7,9,11-12H2,1-2H3,(H,30,31)(H,24,25,26)/t13-/m0/s1. The fourth-order valence-electron chi connectivity index (χ4n) is 4.39. The van der Waals surface area contributed by atoms with Crippen molar-refractivity contribution in [1.29, 1.82) is 0 Å². The van der Waals surface area contributed by atoms with Gasteiger partial charge in [0.25, 0.3) is 0 Å². The summed E-state index contributed by atoms with van der Waals surface area (Å²) in [6.07, 6.45) is 3.09. The number of ether oxygens (including phenoxy) is 2. The Labute approximate surface area is 189 Å². The summed E-state index contributed by atoms with van der Waals surface area (Å²) in [5.41, 5.74) is 2.43. The number of carboxylic acid groups (broad SMARTS) is 1. The maximum absolute atomic E-state index is 13.1. The number of fused-ring (bicyclic) bond motifs is 2. The second-order valence-corrected chi connectivity index (χ2v) is 8.14. The minimum atomic E-state index is -0.940. The topological polar surface area (TPSA) is 121 Å². The van der Waals surface area contributed by atoms with E-state index in [1.807, 2.05) is 6.07 Å². The monoisotopic (exact) mass is 449 g/mol. The van der Waals surface area contributed by atoms with Crippen LogP contribution in [0.3, 0.4) is 0 Å². The number of likely N-dealkylation sites (tertiary alicyclic amines) is 1. The predicted octanol–water partition coefficient (Wildman–Crippen LogP) is 2.77. The number of aromatic nitrogens is 3. The van der Waals surface area contributed by atoms with Crippen LogP contribution in [0.25, 0.3) is 17.1 Å². The lowest BCUT2D eigenvalue weighted by atomic mass is 10.0. The van der Waals surface area contributed by atoms with Crippen molar-refractivity contribution in [2.45, 2.75) is 19.0 Å².